The van der Waals surface area contributed by atoms with E-state index in [0.29, 0.717) is 24.5 Å². The van der Waals surface area contributed by atoms with Crippen LogP contribution < -0.4 is 0 Å². The van der Waals surface area contributed by atoms with Crippen molar-refractivity contribution in [3.63, 3.8) is 0 Å². The lowest BCUT2D eigenvalue weighted by molar-refractivity contribution is -0.143. The summed E-state index contributed by atoms with van der Waals surface area (Å²) in [6, 6.07) is 11.9. The Labute approximate surface area is 112 Å². The van der Waals surface area contributed by atoms with Gasteiger partial charge in [-0.05, 0) is 41.8 Å². The highest BCUT2D eigenvalue weighted by Crippen LogP contribution is 2.25. The van der Waals surface area contributed by atoms with E-state index < -0.39 is 0 Å². The van der Waals surface area contributed by atoms with Gasteiger partial charge in [0.15, 0.2) is 0 Å². The monoisotopic (exact) mass is 262 g/mol. The van der Waals surface area contributed by atoms with E-state index in [1.165, 1.54) is 0 Å². The van der Waals surface area contributed by atoms with Gasteiger partial charge in [-0.2, -0.15) is 0 Å². The minimum atomic E-state index is -0.165. The lowest BCUT2D eigenvalue weighted by Crippen LogP contribution is -2.05. The number of carbonyl (C=O) groups is 1. The minimum Gasteiger partial charge on any atom is -0.466 e. The number of fused-ring (bicyclic) bond motifs is 1. The number of halogens is 1. The second-order valence-electron chi connectivity index (χ2n) is 4.09. The summed E-state index contributed by atoms with van der Waals surface area (Å²) in [5, 5.41) is 2.95. The van der Waals surface area contributed by atoms with E-state index in [2.05, 4.69) is 0 Å². The molecule has 0 heterocycles. The molecule has 3 heteroatoms. The second-order valence-corrected chi connectivity index (χ2v) is 4.53. The quantitative estimate of drug-likeness (QED) is 0.779. The van der Waals surface area contributed by atoms with Crippen molar-refractivity contribution in [1.29, 1.82) is 0 Å². The van der Waals surface area contributed by atoms with Crippen molar-refractivity contribution in [1.82, 2.24) is 0 Å². The standard InChI is InChI=1S/C15H15ClO2/c1-2-18-15(17)8-7-12-10-13(16)9-11-5-3-4-6-14(11)12/h3-6,9-10H,2,7-8H2,1H3. The summed E-state index contributed by atoms with van der Waals surface area (Å²) in [7, 11) is 0. The number of ether oxygens (including phenoxy) is 1. The third kappa shape index (κ3) is 3.02. The van der Waals surface area contributed by atoms with Gasteiger partial charge in [-0.25, -0.2) is 0 Å². The fourth-order valence-electron chi connectivity index (χ4n) is 2.03. The molecule has 2 aromatic carbocycles. The minimum absolute atomic E-state index is 0.165. The van der Waals surface area contributed by atoms with Crippen LogP contribution in [0.4, 0.5) is 0 Å². The van der Waals surface area contributed by atoms with E-state index in [9.17, 15) is 4.79 Å². The van der Waals surface area contributed by atoms with Crippen molar-refractivity contribution in [3.05, 3.63) is 47.0 Å². The van der Waals surface area contributed by atoms with E-state index >= 15 is 0 Å². The maximum absolute atomic E-state index is 11.4. The summed E-state index contributed by atoms with van der Waals surface area (Å²) in [5.41, 5.74) is 1.09. The SMILES string of the molecule is CCOC(=O)CCc1cc(Cl)cc2ccccc12. The Morgan fingerprint density at radius 2 is 2.06 bits per heavy atom. The fourth-order valence-corrected chi connectivity index (χ4v) is 2.28. The van der Waals surface area contributed by atoms with Crippen molar-refractivity contribution in [2.24, 2.45) is 0 Å². The first-order valence-electron chi connectivity index (χ1n) is 6.03. The topological polar surface area (TPSA) is 26.3 Å². The van der Waals surface area contributed by atoms with Crippen molar-refractivity contribution in [2.45, 2.75) is 19.8 Å². The molecule has 0 aliphatic rings. The van der Waals surface area contributed by atoms with Gasteiger partial charge < -0.3 is 4.74 Å². The molecule has 0 spiro atoms. The molecule has 0 unspecified atom stereocenters. The van der Waals surface area contributed by atoms with Crippen LogP contribution in [0.3, 0.4) is 0 Å². The first-order valence-corrected chi connectivity index (χ1v) is 6.41. The van der Waals surface area contributed by atoms with Crippen LogP contribution in [0.5, 0.6) is 0 Å². The van der Waals surface area contributed by atoms with Gasteiger partial charge in [-0.1, -0.05) is 35.9 Å². The highest BCUT2D eigenvalue weighted by Gasteiger charge is 2.07. The van der Waals surface area contributed by atoms with Crippen LogP contribution >= 0.6 is 11.6 Å². The number of carbonyl (C=O) groups excluding carboxylic acids is 1. The number of aryl methyl sites for hydroxylation is 1. The van der Waals surface area contributed by atoms with Gasteiger partial charge in [0.1, 0.15) is 0 Å². The zero-order valence-corrected chi connectivity index (χ0v) is 11.0. The Morgan fingerprint density at radius 3 is 2.83 bits per heavy atom. The molecule has 18 heavy (non-hydrogen) atoms. The predicted molar refractivity (Wildman–Crippen MR) is 73.9 cm³/mol. The Morgan fingerprint density at radius 1 is 1.28 bits per heavy atom. The smallest absolute Gasteiger partial charge is 0.306 e. The van der Waals surface area contributed by atoms with Crippen LogP contribution in [-0.4, -0.2) is 12.6 Å². The normalized spacial score (nSPS) is 10.6. The van der Waals surface area contributed by atoms with E-state index in [1.807, 2.05) is 43.3 Å². The predicted octanol–water partition coefficient (Wildman–Crippen LogP) is 3.99. The molecular weight excluding hydrogens is 248 g/mol. The molecule has 2 nitrogen and oxygen atoms in total. The molecule has 0 saturated carbocycles. The largest absolute Gasteiger partial charge is 0.466 e. The lowest BCUT2D eigenvalue weighted by atomic mass is 10.0. The third-order valence-electron chi connectivity index (χ3n) is 2.82. The van der Waals surface area contributed by atoms with Gasteiger partial charge in [-0.3, -0.25) is 4.79 Å². The molecule has 0 bridgehead atoms. The lowest BCUT2D eigenvalue weighted by Gasteiger charge is -2.07. The number of benzene rings is 2. The number of hydrogen-bond acceptors (Lipinski definition) is 2. The molecule has 0 saturated heterocycles. The molecule has 0 amide bonds. The van der Waals surface area contributed by atoms with Gasteiger partial charge in [0.2, 0.25) is 0 Å². The second kappa shape index (κ2) is 5.87. The molecule has 0 aromatic heterocycles. The Bertz CT molecular complexity index is 563. The highest BCUT2D eigenvalue weighted by molar-refractivity contribution is 6.31. The number of hydrogen-bond donors (Lipinski definition) is 0. The van der Waals surface area contributed by atoms with Crippen LogP contribution in [0.1, 0.15) is 18.9 Å². The number of rotatable bonds is 4. The van der Waals surface area contributed by atoms with Crippen molar-refractivity contribution < 1.29 is 9.53 Å². The molecule has 0 atom stereocenters. The summed E-state index contributed by atoms with van der Waals surface area (Å²) in [4.78, 5) is 11.4. The van der Waals surface area contributed by atoms with Crippen LogP contribution in [-0.2, 0) is 16.0 Å². The average molecular weight is 263 g/mol. The molecule has 0 fully saturated rings. The fraction of sp³-hybridized carbons (Fsp3) is 0.267. The van der Waals surface area contributed by atoms with Gasteiger partial charge >= 0.3 is 5.97 Å². The van der Waals surface area contributed by atoms with Gasteiger partial charge in [0.25, 0.3) is 0 Å². The summed E-state index contributed by atoms with van der Waals surface area (Å²) in [5.74, 6) is -0.165. The molecule has 0 radical (unpaired) electrons. The summed E-state index contributed by atoms with van der Waals surface area (Å²) in [6.07, 6.45) is 1.04. The van der Waals surface area contributed by atoms with Crippen LogP contribution in [0.15, 0.2) is 36.4 Å². The first kappa shape index (κ1) is 12.9. The van der Waals surface area contributed by atoms with Crippen molar-refractivity contribution in [2.75, 3.05) is 6.61 Å². The zero-order valence-electron chi connectivity index (χ0n) is 10.3. The van der Waals surface area contributed by atoms with E-state index in [0.717, 1.165) is 16.3 Å². The van der Waals surface area contributed by atoms with Crippen LogP contribution in [0, 0.1) is 0 Å². The first-order chi connectivity index (χ1) is 8.70. The molecule has 2 rings (SSSR count). The van der Waals surface area contributed by atoms with E-state index in [4.69, 9.17) is 16.3 Å². The maximum atomic E-state index is 11.4. The van der Waals surface area contributed by atoms with Crippen LogP contribution in [0.2, 0.25) is 5.02 Å². The molecule has 0 aliphatic heterocycles. The summed E-state index contributed by atoms with van der Waals surface area (Å²) < 4.78 is 4.93. The van der Waals surface area contributed by atoms with Gasteiger partial charge in [0.05, 0.1) is 6.61 Å². The van der Waals surface area contributed by atoms with Crippen molar-refractivity contribution in [3.8, 4) is 0 Å². The third-order valence-corrected chi connectivity index (χ3v) is 3.03. The van der Waals surface area contributed by atoms with Gasteiger partial charge in [-0.15, -0.1) is 0 Å². The molecular formula is C15H15ClO2. The summed E-state index contributed by atoms with van der Waals surface area (Å²) >= 11 is 6.08. The Kier molecular flexibility index (Phi) is 4.21. The maximum Gasteiger partial charge on any atom is 0.306 e. The van der Waals surface area contributed by atoms with E-state index in [1.54, 1.807) is 0 Å². The molecule has 94 valence electrons. The highest BCUT2D eigenvalue weighted by atomic mass is 35.5. The Balaban J connectivity index is 2.24. The molecule has 0 N–H and O–H groups in total. The number of esters is 1. The summed E-state index contributed by atoms with van der Waals surface area (Å²) in [6.45, 7) is 2.24. The average Bonchev–Trinajstić information content (AvgIpc) is 2.36. The molecule has 0 aliphatic carbocycles. The van der Waals surface area contributed by atoms with Crippen LogP contribution in [0.25, 0.3) is 10.8 Å². The Hall–Kier alpha value is -1.54. The van der Waals surface area contributed by atoms with Gasteiger partial charge in [0, 0.05) is 11.4 Å². The van der Waals surface area contributed by atoms with Crippen molar-refractivity contribution >= 4 is 28.3 Å². The zero-order chi connectivity index (χ0) is 13.0. The van der Waals surface area contributed by atoms with E-state index in [-0.39, 0.29) is 5.97 Å². The molecule has 2 aromatic rings.